The minimum absolute atomic E-state index is 0.149. The van der Waals surface area contributed by atoms with Crippen LogP contribution < -0.4 is 10.6 Å². The second-order valence-corrected chi connectivity index (χ2v) is 6.29. The Morgan fingerprint density at radius 2 is 2.00 bits per heavy atom. The van der Waals surface area contributed by atoms with E-state index in [2.05, 4.69) is 24.5 Å². The van der Waals surface area contributed by atoms with Crippen LogP contribution in [0.3, 0.4) is 0 Å². The van der Waals surface area contributed by atoms with Crippen LogP contribution in [0.4, 0.5) is 5.69 Å². The lowest BCUT2D eigenvalue weighted by molar-refractivity contribution is 0.0963. The molecule has 20 heavy (non-hydrogen) atoms. The highest BCUT2D eigenvalue weighted by atomic mass is 35.5. The molecule has 0 spiro atoms. The van der Waals surface area contributed by atoms with E-state index in [4.69, 9.17) is 11.6 Å². The average Bonchev–Trinajstić information content (AvgIpc) is 2.44. The van der Waals surface area contributed by atoms with E-state index < -0.39 is 0 Å². The van der Waals surface area contributed by atoms with Crippen molar-refractivity contribution in [1.29, 1.82) is 0 Å². The number of anilines is 1. The zero-order valence-corrected chi connectivity index (χ0v) is 13.1. The Bertz CT molecular complexity index is 489. The zero-order chi connectivity index (χ0) is 14.7. The van der Waals surface area contributed by atoms with E-state index in [1.807, 2.05) is 12.1 Å². The topological polar surface area (TPSA) is 41.1 Å². The summed E-state index contributed by atoms with van der Waals surface area (Å²) in [4.78, 5) is 11.8. The highest BCUT2D eigenvalue weighted by molar-refractivity contribution is 6.34. The minimum Gasteiger partial charge on any atom is -0.382 e. The molecule has 0 saturated heterocycles. The molecule has 0 radical (unpaired) electrons. The molecule has 1 aliphatic carbocycles. The summed E-state index contributed by atoms with van der Waals surface area (Å²) in [6.07, 6.45) is 3.62. The fourth-order valence-corrected chi connectivity index (χ4v) is 3.04. The van der Waals surface area contributed by atoms with Gasteiger partial charge in [0.25, 0.3) is 5.91 Å². The first-order valence-electron chi connectivity index (χ1n) is 7.29. The maximum Gasteiger partial charge on any atom is 0.252 e. The maximum absolute atomic E-state index is 11.8. The molecule has 0 bridgehead atoms. The number of rotatable bonds is 3. The standard InChI is InChI=1S/C16H23ClN2O/c1-10-4-5-12(8-11(10)2)19-13-6-7-15(17)14(9-13)16(20)18-3/h6-7,9-12,19H,4-5,8H2,1-3H3,(H,18,20). The lowest BCUT2D eigenvalue weighted by Crippen LogP contribution is -2.30. The van der Waals surface area contributed by atoms with Crippen LogP contribution in [0.15, 0.2) is 18.2 Å². The Morgan fingerprint density at radius 1 is 1.25 bits per heavy atom. The van der Waals surface area contributed by atoms with Crippen molar-refractivity contribution in [2.75, 3.05) is 12.4 Å². The number of nitrogens with one attached hydrogen (secondary N) is 2. The summed E-state index contributed by atoms with van der Waals surface area (Å²) in [5.74, 6) is 1.40. The van der Waals surface area contributed by atoms with Gasteiger partial charge in [0.1, 0.15) is 0 Å². The largest absolute Gasteiger partial charge is 0.382 e. The van der Waals surface area contributed by atoms with E-state index in [9.17, 15) is 4.79 Å². The lowest BCUT2D eigenvalue weighted by atomic mass is 9.79. The molecule has 0 heterocycles. The molecule has 0 aromatic heterocycles. The van der Waals surface area contributed by atoms with Gasteiger partial charge in [0.05, 0.1) is 10.6 Å². The molecule has 1 saturated carbocycles. The Balaban J connectivity index is 2.08. The van der Waals surface area contributed by atoms with Crippen LogP contribution in [0, 0.1) is 11.8 Å². The molecule has 2 N–H and O–H groups in total. The third kappa shape index (κ3) is 3.45. The van der Waals surface area contributed by atoms with Crippen LogP contribution in [0.25, 0.3) is 0 Å². The summed E-state index contributed by atoms with van der Waals surface area (Å²) in [6.45, 7) is 4.64. The summed E-state index contributed by atoms with van der Waals surface area (Å²) >= 11 is 6.07. The SMILES string of the molecule is CNC(=O)c1cc(NC2CCC(C)C(C)C2)ccc1Cl. The molecular weight excluding hydrogens is 272 g/mol. The van der Waals surface area contributed by atoms with Gasteiger partial charge in [-0.05, 0) is 49.3 Å². The summed E-state index contributed by atoms with van der Waals surface area (Å²) in [7, 11) is 1.61. The van der Waals surface area contributed by atoms with Crippen molar-refractivity contribution in [3.8, 4) is 0 Å². The van der Waals surface area contributed by atoms with Gasteiger partial charge in [0.15, 0.2) is 0 Å². The molecule has 1 amide bonds. The number of halogens is 1. The molecular formula is C16H23ClN2O. The van der Waals surface area contributed by atoms with Crippen LogP contribution >= 0.6 is 11.6 Å². The molecule has 3 nitrogen and oxygen atoms in total. The molecule has 1 fully saturated rings. The number of hydrogen-bond donors (Lipinski definition) is 2. The summed E-state index contributed by atoms with van der Waals surface area (Å²) in [5, 5.41) is 6.64. The number of benzene rings is 1. The van der Waals surface area contributed by atoms with Gasteiger partial charge >= 0.3 is 0 Å². The number of amides is 1. The first-order chi connectivity index (χ1) is 9.51. The van der Waals surface area contributed by atoms with E-state index >= 15 is 0 Å². The van der Waals surface area contributed by atoms with Gasteiger partial charge < -0.3 is 10.6 Å². The summed E-state index contributed by atoms with van der Waals surface area (Å²) in [6, 6.07) is 6.05. The van der Waals surface area contributed by atoms with Gasteiger partial charge in [-0.3, -0.25) is 4.79 Å². The Hall–Kier alpha value is -1.22. The van der Waals surface area contributed by atoms with Crippen molar-refractivity contribution in [3.63, 3.8) is 0 Å². The van der Waals surface area contributed by atoms with Gasteiger partial charge in [-0.15, -0.1) is 0 Å². The van der Waals surface area contributed by atoms with Crippen molar-refractivity contribution in [3.05, 3.63) is 28.8 Å². The van der Waals surface area contributed by atoms with Gasteiger partial charge in [0.2, 0.25) is 0 Å². The second-order valence-electron chi connectivity index (χ2n) is 5.88. The zero-order valence-electron chi connectivity index (χ0n) is 12.4. The minimum atomic E-state index is -0.149. The van der Waals surface area contributed by atoms with Crippen molar-refractivity contribution >= 4 is 23.2 Å². The highest BCUT2D eigenvalue weighted by Crippen LogP contribution is 2.31. The first kappa shape index (κ1) is 15.2. The van der Waals surface area contributed by atoms with Gasteiger partial charge in [-0.1, -0.05) is 25.4 Å². The lowest BCUT2D eigenvalue weighted by Gasteiger charge is -2.33. The predicted octanol–water partition coefficient (Wildman–Crippen LogP) is 3.94. The summed E-state index contributed by atoms with van der Waals surface area (Å²) in [5.41, 5.74) is 1.50. The smallest absolute Gasteiger partial charge is 0.252 e. The third-order valence-electron chi connectivity index (χ3n) is 4.41. The molecule has 4 heteroatoms. The fourth-order valence-electron chi connectivity index (χ4n) is 2.84. The van der Waals surface area contributed by atoms with Crippen LogP contribution in [0.5, 0.6) is 0 Å². The van der Waals surface area contributed by atoms with Gasteiger partial charge in [-0.25, -0.2) is 0 Å². The normalized spacial score (nSPS) is 26.1. The molecule has 110 valence electrons. The number of carbonyl (C=O) groups excluding carboxylic acids is 1. The van der Waals surface area contributed by atoms with Crippen molar-refractivity contribution < 1.29 is 4.79 Å². The maximum atomic E-state index is 11.8. The van der Waals surface area contributed by atoms with Crippen molar-refractivity contribution in [2.45, 2.75) is 39.2 Å². The van der Waals surface area contributed by atoms with E-state index in [0.717, 1.165) is 17.5 Å². The van der Waals surface area contributed by atoms with Crippen molar-refractivity contribution in [2.24, 2.45) is 11.8 Å². The molecule has 1 aliphatic rings. The van der Waals surface area contributed by atoms with Crippen molar-refractivity contribution in [1.82, 2.24) is 5.32 Å². The van der Waals surface area contributed by atoms with E-state index in [1.165, 1.54) is 19.3 Å². The Morgan fingerprint density at radius 3 is 2.65 bits per heavy atom. The second kappa shape index (κ2) is 6.49. The van der Waals surface area contributed by atoms with Crippen LogP contribution in [-0.4, -0.2) is 19.0 Å². The van der Waals surface area contributed by atoms with Gasteiger partial charge in [-0.2, -0.15) is 0 Å². The Labute approximate surface area is 126 Å². The van der Waals surface area contributed by atoms with E-state index in [1.54, 1.807) is 13.1 Å². The predicted molar refractivity (Wildman–Crippen MR) is 84.4 cm³/mol. The molecule has 0 aliphatic heterocycles. The van der Waals surface area contributed by atoms with E-state index in [-0.39, 0.29) is 5.91 Å². The average molecular weight is 295 g/mol. The Kier molecular flexibility index (Phi) is 4.92. The quantitative estimate of drug-likeness (QED) is 0.886. The van der Waals surface area contributed by atoms with Crippen LogP contribution in [0.1, 0.15) is 43.5 Å². The van der Waals surface area contributed by atoms with Gasteiger partial charge in [0, 0.05) is 18.8 Å². The molecule has 2 rings (SSSR count). The number of hydrogen-bond acceptors (Lipinski definition) is 2. The first-order valence-corrected chi connectivity index (χ1v) is 7.67. The molecule has 3 atom stereocenters. The molecule has 3 unspecified atom stereocenters. The van der Waals surface area contributed by atoms with Crippen LogP contribution in [-0.2, 0) is 0 Å². The van der Waals surface area contributed by atoms with E-state index in [0.29, 0.717) is 16.6 Å². The number of carbonyl (C=O) groups is 1. The monoisotopic (exact) mass is 294 g/mol. The molecule has 1 aromatic rings. The summed E-state index contributed by atoms with van der Waals surface area (Å²) < 4.78 is 0. The van der Waals surface area contributed by atoms with Crippen LogP contribution in [0.2, 0.25) is 5.02 Å². The third-order valence-corrected chi connectivity index (χ3v) is 4.74. The molecule has 1 aromatic carbocycles. The fraction of sp³-hybridized carbons (Fsp3) is 0.562. The highest BCUT2D eigenvalue weighted by Gasteiger charge is 2.24.